The van der Waals surface area contributed by atoms with E-state index in [1.54, 1.807) is 55.6 Å². The normalized spacial score (nSPS) is 9.74. The molecule has 19 heavy (non-hydrogen) atoms. The van der Waals surface area contributed by atoms with Crippen molar-refractivity contribution in [1.29, 1.82) is 0 Å². The van der Waals surface area contributed by atoms with Gasteiger partial charge in [-0.1, -0.05) is 6.07 Å². The van der Waals surface area contributed by atoms with Crippen molar-refractivity contribution in [1.82, 2.24) is 0 Å². The molecule has 4 heteroatoms. The first kappa shape index (κ1) is 12.8. The van der Waals surface area contributed by atoms with Crippen LogP contribution < -0.4 is 10.1 Å². The molecule has 0 aliphatic rings. The van der Waals surface area contributed by atoms with E-state index < -0.39 is 0 Å². The third-order valence-electron chi connectivity index (χ3n) is 2.64. The van der Waals surface area contributed by atoms with E-state index in [0.717, 1.165) is 6.29 Å². The zero-order valence-electron chi connectivity index (χ0n) is 10.4. The lowest BCUT2D eigenvalue weighted by Crippen LogP contribution is -2.11. The van der Waals surface area contributed by atoms with Crippen LogP contribution in [0.4, 0.5) is 5.69 Å². The zero-order chi connectivity index (χ0) is 13.7. The van der Waals surface area contributed by atoms with Crippen molar-refractivity contribution in [2.45, 2.75) is 0 Å². The summed E-state index contributed by atoms with van der Waals surface area (Å²) in [4.78, 5) is 22.5. The Balaban J connectivity index is 2.13. The van der Waals surface area contributed by atoms with Crippen LogP contribution in [0, 0.1) is 0 Å². The van der Waals surface area contributed by atoms with Gasteiger partial charge in [-0.2, -0.15) is 0 Å². The van der Waals surface area contributed by atoms with E-state index in [1.807, 2.05) is 0 Å². The van der Waals surface area contributed by atoms with Gasteiger partial charge in [0.2, 0.25) is 0 Å². The lowest BCUT2D eigenvalue weighted by molar-refractivity contribution is 0.102. The maximum Gasteiger partial charge on any atom is 0.255 e. The third-order valence-corrected chi connectivity index (χ3v) is 2.64. The van der Waals surface area contributed by atoms with Crippen LogP contribution in [0.15, 0.2) is 48.5 Å². The molecular formula is C15H13NO3. The summed E-state index contributed by atoms with van der Waals surface area (Å²) in [6.07, 6.45) is 0.758. The van der Waals surface area contributed by atoms with E-state index in [2.05, 4.69) is 5.32 Å². The van der Waals surface area contributed by atoms with Crippen molar-refractivity contribution in [3.05, 3.63) is 59.7 Å². The molecule has 0 spiro atoms. The Morgan fingerprint density at radius 1 is 1.16 bits per heavy atom. The molecule has 1 N–H and O–H groups in total. The molecule has 2 rings (SSSR count). The molecule has 0 heterocycles. The van der Waals surface area contributed by atoms with E-state index in [-0.39, 0.29) is 5.91 Å². The minimum atomic E-state index is -0.224. The Kier molecular flexibility index (Phi) is 3.93. The number of hydrogen-bond donors (Lipinski definition) is 1. The van der Waals surface area contributed by atoms with Crippen LogP contribution in [0.1, 0.15) is 20.7 Å². The maximum absolute atomic E-state index is 12.0. The zero-order valence-corrected chi connectivity index (χ0v) is 10.4. The lowest BCUT2D eigenvalue weighted by atomic mass is 10.2. The van der Waals surface area contributed by atoms with Crippen molar-refractivity contribution in [3.8, 4) is 5.75 Å². The Morgan fingerprint density at radius 3 is 2.53 bits per heavy atom. The van der Waals surface area contributed by atoms with Crippen LogP contribution in [0.5, 0.6) is 5.75 Å². The van der Waals surface area contributed by atoms with E-state index >= 15 is 0 Å². The summed E-state index contributed by atoms with van der Waals surface area (Å²) in [6.45, 7) is 0. The minimum absolute atomic E-state index is 0.224. The third kappa shape index (κ3) is 3.19. The van der Waals surface area contributed by atoms with Gasteiger partial charge in [0.25, 0.3) is 5.91 Å². The predicted octanol–water partition coefficient (Wildman–Crippen LogP) is 2.76. The van der Waals surface area contributed by atoms with Crippen LogP contribution in [-0.4, -0.2) is 19.3 Å². The van der Waals surface area contributed by atoms with Gasteiger partial charge in [0.05, 0.1) is 7.11 Å². The fourth-order valence-electron chi connectivity index (χ4n) is 1.61. The quantitative estimate of drug-likeness (QED) is 0.855. The highest BCUT2D eigenvalue weighted by Crippen LogP contribution is 2.15. The number of anilines is 1. The van der Waals surface area contributed by atoms with Crippen LogP contribution in [-0.2, 0) is 0 Å². The SMILES string of the molecule is COc1cccc(C(=O)Nc2ccc(C=O)cc2)c1. The van der Waals surface area contributed by atoms with Gasteiger partial charge in [-0.15, -0.1) is 0 Å². The number of carbonyl (C=O) groups is 2. The smallest absolute Gasteiger partial charge is 0.255 e. The van der Waals surface area contributed by atoms with Crippen molar-refractivity contribution in [2.75, 3.05) is 12.4 Å². The molecule has 0 unspecified atom stereocenters. The highest BCUT2D eigenvalue weighted by Gasteiger charge is 2.06. The first-order valence-electron chi connectivity index (χ1n) is 5.73. The number of rotatable bonds is 4. The van der Waals surface area contributed by atoms with Crippen LogP contribution in [0.3, 0.4) is 0 Å². The van der Waals surface area contributed by atoms with E-state index in [1.165, 1.54) is 0 Å². The second kappa shape index (κ2) is 5.82. The maximum atomic E-state index is 12.0. The number of benzene rings is 2. The largest absolute Gasteiger partial charge is 0.497 e. The molecule has 0 aliphatic carbocycles. The molecule has 0 aromatic heterocycles. The number of methoxy groups -OCH3 is 1. The molecule has 2 aromatic carbocycles. The summed E-state index contributed by atoms with van der Waals surface area (Å²) in [5.41, 5.74) is 1.72. The van der Waals surface area contributed by atoms with Gasteiger partial charge in [0.15, 0.2) is 0 Å². The van der Waals surface area contributed by atoms with E-state index in [4.69, 9.17) is 4.74 Å². The van der Waals surface area contributed by atoms with Crippen molar-refractivity contribution < 1.29 is 14.3 Å². The van der Waals surface area contributed by atoms with Gasteiger partial charge >= 0.3 is 0 Å². The molecule has 0 fully saturated rings. The van der Waals surface area contributed by atoms with Crippen molar-refractivity contribution >= 4 is 17.9 Å². The first-order chi connectivity index (χ1) is 9.22. The van der Waals surface area contributed by atoms with Gasteiger partial charge < -0.3 is 10.1 Å². The molecule has 4 nitrogen and oxygen atoms in total. The topological polar surface area (TPSA) is 55.4 Å². The van der Waals surface area contributed by atoms with Gasteiger partial charge in [-0.05, 0) is 42.5 Å². The summed E-state index contributed by atoms with van der Waals surface area (Å²) in [6, 6.07) is 13.6. The number of amides is 1. The lowest BCUT2D eigenvalue weighted by Gasteiger charge is -2.06. The monoisotopic (exact) mass is 255 g/mol. The Bertz CT molecular complexity index is 591. The standard InChI is InChI=1S/C15H13NO3/c1-19-14-4-2-3-12(9-14)15(18)16-13-7-5-11(10-17)6-8-13/h2-10H,1H3,(H,16,18). The molecule has 1 amide bonds. The average Bonchev–Trinajstić information content (AvgIpc) is 2.48. The molecular weight excluding hydrogens is 242 g/mol. The Hall–Kier alpha value is -2.62. The second-order valence-corrected chi connectivity index (χ2v) is 3.93. The van der Waals surface area contributed by atoms with Crippen LogP contribution >= 0.6 is 0 Å². The van der Waals surface area contributed by atoms with Crippen LogP contribution in [0.25, 0.3) is 0 Å². The Labute approximate surface area is 111 Å². The number of carbonyl (C=O) groups excluding carboxylic acids is 2. The number of nitrogens with one attached hydrogen (secondary N) is 1. The average molecular weight is 255 g/mol. The summed E-state index contributed by atoms with van der Waals surface area (Å²) in [5, 5.41) is 2.75. The summed E-state index contributed by atoms with van der Waals surface area (Å²) in [5.74, 6) is 0.404. The fourth-order valence-corrected chi connectivity index (χ4v) is 1.61. The highest BCUT2D eigenvalue weighted by atomic mass is 16.5. The number of aldehydes is 1. The van der Waals surface area contributed by atoms with E-state index in [0.29, 0.717) is 22.6 Å². The van der Waals surface area contributed by atoms with Gasteiger partial charge in [0, 0.05) is 16.8 Å². The Morgan fingerprint density at radius 2 is 1.89 bits per heavy atom. The first-order valence-corrected chi connectivity index (χ1v) is 5.73. The predicted molar refractivity (Wildman–Crippen MR) is 72.8 cm³/mol. The van der Waals surface area contributed by atoms with Crippen LogP contribution in [0.2, 0.25) is 0 Å². The number of ether oxygens (including phenoxy) is 1. The van der Waals surface area contributed by atoms with Gasteiger partial charge in [-0.25, -0.2) is 0 Å². The molecule has 0 atom stereocenters. The summed E-state index contributed by atoms with van der Waals surface area (Å²) in [7, 11) is 1.55. The number of hydrogen-bond acceptors (Lipinski definition) is 3. The minimum Gasteiger partial charge on any atom is -0.497 e. The summed E-state index contributed by atoms with van der Waals surface area (Å²) < 4.78 is 5.07. The molecule has 96 valence electrons. The van der Waals surface area contributed by atoms with Gasteiger partial charge in [-0.3, -0.25) is 9.59 Å². The second-order valence-electron chi connectivity index (χ2n) is 3.93. The van der Waals surface area contributed by atoms with Gasteiger partial charge in [0.1, 0.15) is 12.0 Å². The molecule has 0 radical (unpaired) electrons. The van der Waals surface area contributed by atoms with Crippen molar-refractivity contribution in [3.63, 3.8) is 0 Å². The highest BCUT2D eigenvalue weighted by molar-refractivity contribution is 6.04. The fraction of sp³-hybridized carbons (Fsp3) is 0.0667. The molecule has 2 aromatic rings. The summed E-state index contributed by atoms with van der Waals surface area (Å²) >= 11 is 0. The van der Waals surface area contributed by atoms with Crippen molar-refractivity contribution in [2.24, 2.45) is 0 Å². The molecule has 0 aliphatic heterocycles. The molecule has 0 saturated heterocycles. The van der Waals surface area contributed by atoms with E-state index in [9.17, 15) is 9.59 Å². The molecule has 0 bridgehead atoms. The molecule has 0 saturated carbocycles.